The Morgan fingerprint density at radius 1 is 0.724 bits per heavy atom. The third kappa shape index (κ3) is 4.61. The molecule has 0 saturated carbocycles. The van der Waals surface area contributed by atoms with Crippen LogP contribution < -0.4 is 0 Å². The highest BCUT2D eigenvalue weighted by Crippen LogP contribution is 2.27. The zero-order chi connectivity index (χ0) is 20.1. The molecule has 0 saturated heterocycles. The van der Waals surface area contributed by atoms with E-state index in [0.29, 0.717) is 17.6 Å². The predicted molar refractivity (Wildman–Crippen MR) is 110 cm³/mol. The van der Waals surface area contributed by atoms with Crippen LogP contribution in [-0.2, 0) is 33.9 Å². The summed E-state index contributed by atoms with van der Waals surface area (Å²) < 4.78 is 10.8. The van der Waals surface area contributed by atoms with Crippen LogP contribution in [0.2, 0.25) is 0 Å². The lowest BCUT2D eigenvalue weighted by Crippen LogP contribution is -2.08. The van der Waals surface area contributed by atoms with Gasteiger partial charge in [0.25, 0.3) is 0 Å². The van der Waals surface area contributed by atoms with Crippen molar-refractivity contribution in [2.24, 2.45) is 0 Å². The molecule has 0 aliphatic heterocycles. The number of carbonyl (C=O) groups is 2. The second-order valence-corrected chi connectivity index (χ2v) is 6.88. The van der Waals surface area contributed by atoms with Crippen LogP contribution in [0.15, 0.2) is 84.4 Å². The Kier molecular flexibility index (Phi) is 5.52. The van der Waals surface area contributed by atoms with Gasteiger partial charge in [0.05, 0.1) is 5.56 Å². The van der Waals surface area contributed by atoms with Crippen LogP contribution in [0.4, 0.5) is 0 Å². The van der Waals surface area contributed by atoms with E-state index < -0.39 is 0 Å². The van der Waals surface area contributed by atoms with Crippen LogP contribution in [0.3, 0.4) is 0 Å². The van der Waals surface area contributed by atoms with E-state index in [2.05, 4.69) is 0 Å². The lowest BCUT2D eigenvalue weighted by atomic mass is 10.1. The van der Waals surface area contributed by atoms with Gasteiger partial charge in [0.15, 0.2) is 0 Å². The second-order valence-electron chi connectivity index (χ2n) is 6.88. The number of hydrogen-bond acceptors (Lipinski definition) is 4. The molecule has 0 N–H and O–H groups in total. The zero-order valence-electron chi connectivity index (χ0n) is 15.8. The second kappa shape index (κ2) is 8.57. The Hall–Kier alpha value is -3.66. The molecule has 0 spiro atoms. The van der Waals surface area contributed by atoms with Crippen molar-refractivity contribution in [1.82, 2.24) is 0 Å². The van der Waals surface area contributed by atoms with Crippen LogP contribution in [0.5, 0.6) is 0 Å². The highest BCUT2D eigenvalue weighted by molar-refractivity contribution is 5.97. The van der Waals surface area contributed by atoms with Gasteiger partial charge in [-0.05, 0) is 40.5 Å². The molecular formula is C25H20O4. The van der Waals surface area contributed by atoms with E-state index in [0.717, 1.165) is 22.3 Å². The van der Waals surface area contributed by atoms with Gasteiger partial charge in [0.1, 0.15) is 13.2 Å². The van der Waals surface area contributed by atoms with Gasteiger partial charge in [0, 0.05) is 12.0 Å². The smallest absolute Gasteiger partial charge is 0.338 e. The van der Waals surface area contributed by atoms with Crippen molar-refractivity contribution in [3.63, 3.8) is 0 Å². The molecule has 3 aromatic rings. The van der Waals surface area contributed by atoms with Crippen LogP contribution in [-0.4, -0.2) is 11.9 Å². The fraction of sp³-hybridized carbons (Fsp3) is 0.120. The fourth-order valence-electron chi connectivity index (χ4n) is 3.22. The van der Waals surface area contributed by atoms with Gasteiger partial charge in [-0.25, -0.2) is 9.59 Å². The molecule has 0 bridgehead atoms. The molecule has 4 heteroatoms. The molecule has 1 aliphatic carbocycles. The van der Waals surface area contributed by atoms with E-state index in [1.165, 1.54) is 0 Å². The van der Waals surface area contributed by atoms with E-state index in [4.69, 9.17) is 9.47 Å². The lowest BCUT2D eigenvalue weighted by molar-refractivity contribution is -0.140. The maximum atomic E-state index is 12.4. The first-order chi connectivity index (χ1) is 14.2. The minimum Gasteiger partial charge on any atom is -0.457 e. The summed E-state index contributed by atoms with van der Waals surface area (Å²) in [6.07, 6.45) is 2.27. The molecular weight excluding hydrogens is 364 g/mol. The number of fused-ring (bicyclic) bond motifs is 1. The highest BCUT2D eigenvalue weighted by Gasteiger charge is 2.21. The van der Waals surface area contributed by atoms with Crippen molar-refractivity contribution in [3.05, 3.63) is 112 Å². The molecule has 4 rings (SSSR count). The number of carbonyl (C=O) groups excluding carboxylic acids is 2. The molecule has 1 aliphatic rings. The lowest BCUT2D eigenvalue weighted by Gasteiger charge is -2.07. The maximum absolute atomic E-state index is 12.4. The highest BCUT2D eigenvalue weighted by atomic mass is 16.5. The van der Waals surface area contributed by atoms with Crippen molar-refractivity contribution in [1.29, 1.82) is 0 Å². The minimum atomic E-state index is -0.378. The van der Waals surface area contributed by atoms with Gasteiger partial charge in [-0.3, -0.25) is 0 Å². The average molecular weight is 384 g/mol. The Balaban J connectivity index is 1.35. The predicted octanol–water partition coefficient (Wildman–Crippen LogP) is 4.73. The van der Waals surface area contributed by atoms with Gasteiger partial charge < -0.3 is 9.47 Å². The van der Waals surface area contributed by atoms with Gasteiger partial charge >= 0.3 is 11.9 Å². The topological polar surface area (TPSA) is 52.6 Å². The van der Waals surface area contributed by atoms with Crippen molar-refractivity contribution in [2.75, 3.05) is 0 Å². The van der Waals surface area contributed by atoms with E-state index in [-0.39, 0.29) is 25.2 Å². The Labute approximate surface area is 169 Å². The van der Waals surface area contributed by atoms with Crippen LogP contribution >= 0.6 is 0 Å². The van der Waals surface area contributed by atoms with Gasteiger partial charge in [-0.15, -0.1) is 0 Å². The summed E-state index contributed by atoms with van der Waals surface area (Å²) in [6, 6.07) is 24.5. The monoisotopic (exact) mass is 384 g/mol. The Morgan fingerprint density at radius 2 is 1.31 bits per heavy atom. The van der Waals surface area contributed by atoms with E-state index in [1.54, 1.807) is 12.1 Å². The largest absolute Gasteiger partial charge is 0.457 e. The van der Waals surface area contributed by atoms with E-state index in [9.17, 15) is 9.59 Å². The molecule has 0 aromatic heterocycles. The van der Waals surface area contributed by atoms with Crippen molar-refractivity contribution in [2.45, 2.75) is 19.6 Å². The summed E-state index contributed by atoms with van der Waals surface area (Å²) in [7, 11) is 0. The number of ether oxygens (including phenoxy) is 2. The SMILES string of the molecule is O=C(OCc1ccccc1)C1=Cc2ccc(C(=O)OCc3ccccc3)cc2C1. The van der Waals surface area contributed by atoms with Crippen LogP contribution in [0, 0.1) is 0 Å². The van der Waals surface area contributed by atoms with E-state index >= 15 is 0 Å². The van der Waals surface area contributed by atoms with Gasteiger partial charge in [-0.1, -0.05) is 66.7 Å². The summed E-state index contributed by atoms with van der Waals surface area (Å²) in [5.41, 5.74) is 4.80. The standard InChI is InChI=1S/C25H20O4/c26-24(28-16-18-7-3-1-4-8-18)21-12-11-20-13-23(15-22(20)14-21)25(27)29-17-19-9-5-2-6-10-19/h1-14H,15-17H2. The van der Waals surface area contributed by atoms with Crippen molar-refractivity contribution >= 4 is 18.0 Å². The third-order valence-electron chi connectivity index (χ3n) is 4.78. The molecule has 0 unspecified atom stereocenters. The first kappa shape index (κ1) is 18.7. The molecule has 0 fully saturated rings. The van der Waals surface area contributed by atoms with Crippen molar-refractivity contribution < 1.29 is 19.1 Å². The van der Waals surface area contributed by atoms with Crippen LogP contribution in [0.25, 0.3) is 6.08 Å². The Morgan fingerprint density at radius 3 is 1.93 bits per heavy atom. The quantitative estimate of drug-likeness (QED) is 0.577. The Bertz CT molecular complexity index is 1050. The van der Waals surface area contributed by atoms with E-state index in [1.807, 2.05) is 72.8 Å². The minimum absolute atomic E-state index is 0.228. The zero-order valence-corrected chi connectivity index (χ0v) is 15.8. The first-order valence-corrected chi connectivity index (χ1v) is 9.44. The summed E-state index contributed by atoms with van der Waals surface area (Å²) in [6.45, 7) is 0.469. The molecule has 4 nitrogen and oxygen atoms in total. The fourth-order valence-corrected chi connectivity index (χ4v) is 3.22. The first-order valence-electron chi connectivity index (χ1n) is 9.44. The molecule has 29 heavy (non-hydrogen) atoms. The number of benzene rings is 3. The van der Waals surface area contributed by atoms with Crippen molar-refractivity contribution in [3.8, 4) is 0 Å². The van der Waals surface area contributed by atoms with Gasteiger partial charge in [-0.2, -0.15) is 0 Å². The van der Waals surface area contributed by atoms with Crippen LogP contribution in [0.1, 0.15) is 32.6 Å². The molecule has 0 atom stereocenters. The third-order valence-corrected chi connectivity index (χ3v) is 4.78. The molecule has 0 radical (unpaired) electrons. The summed E-state index contributed by atoms with van der Waals surface area (Å²) >= 11 is 0. The number of rotatable bonds is 6. The molecule has 0 heterocycles. The average Bonchev–Trinajstić information content (AvgIpc) is 3.21. The summed E-state index contributed by atoms with van der Waals surface area (Å²) in [4.78, 5) is 24.7. The summed E-state index contributed by atoms with van der Waals surface area (Å²) in [5, 5.41) is 0. The number of hydrogen-bond donors (Lipinski definition) is 0. The summed E-state index contributed by atoms with van der Waals surface area (Å²) in [5.74, 6) is -0.713. The molecule has 3 aromatic carbocycles. The normalized spacial score (nSPS) is 12.1. The number of esters is 2. The molecule has 144 valence electrons. The maximum Gasteiger partial charge on any atom is 0.338 e. The molecule has 0 amide bonds. The van der Waals surface area contributed by atoms with Gasteiger partial charge in [0.2, 0.25) is 0 Å².